The van der Waals surface area contributed by atoms with Crippen LogP contribution in [0.2, 0.25) is 39.3 Å². The highest BCUT2D eigenvalue weighted by atomic mass is 31.1. The average molecular weight is 249 g/mol. The predicted molar refractivity (Wildman–Crippen MR) is 67.7 cm³/mol. The van der Waals surface area contributed by atoms with E-state index in [1.807, 2.05) is 0 Å². The summed E-state index contributed by atoms with van der Waals surface area (Å²) in [6.45, 7) is 15.6. The second-order valence-corrected chi connectivity index (χ2v) is 17.8. The molecule has 1 aliphatic heterocycles. The molecule has 6 heteroatoms. The van der Waals surface area contributed by atoms with E-state index < -0.39 is 24.6 Å². The van der Waals surface area contributed by atoms with Gasteiger partial charge in [-0.15, -0.1) is 8.67 Å². The van der Waals surface area contributed by atoms with Crippen molar-refractivity contribution in [2.45, 2.75) is 39.3 Å². The molecule has 0 aromatic carbocycles. The summed E-state index contributed by atoms with van der Waals surface area (Å²) < 4.78 is 16.8. The Hall–Kier alpha value is 0.454. The van der Waals surface area contributed by atoms with E-state index in [0.29, 0.717) is 0 Å². The summed E-state index contributed by atoms with van der Waals surface area (Å²) in [6.07, 6.45) is 0. The fourth-order valence-corrected chi connectivity index (χ4v) is 9.02. The van der Waals surface area contributed by atoms with Crippen LogP contribution in [-0.2, 0) is 4.57 Å². The Bertz CT molecular complexity index is 223. The third kappa shape index (κ3) is 2.52. The minimum Gasteiger partial charge on any atom is -0.109 e. The van der Waals surface area contributed by atoms with Crippen molar-refractivity contribution in [3.05, 3.63) is 0 Å². The molecule has 1 fully saturated rings. The van der Waals surface area contributed by atoms with Gasteiger partial charge in [-0.25, -0.2) is 0 Å². The van der Waals surface area contributed by atoms with Crippen LogP contribution in [0.25, 0.3) is 0 Å². The van der Waals surface area contributed by atoms with E-state index in [9.17, 15) is 4.57 Å². The molecular formula is C8H22N2OPSi2+. The SMILES string of the molecule is C[Si](C)(C)N1CCN([Si](C)(C)C)[P+]1=O. The van der Waals surface area contributed by atoms with Crippen molar-refractivity contribution in [2.75, 3.05) is 13.1 Å². The normalized spacial score (nSPS) is 22.0. The maximum Gasteiger partial charge on any atom is 0.522 e. The van der Waals surface area contributed by atoms with Gasteiger partial charge in [0.05, 0.1) is 13.1 Å². The van der Waals surface area contributed by atoms with Gasteiger partial charge in [0.2, 0.25) is 0 Å². The zero-order valence-electron chi connectivity index (χ0n) is 10.2. The van der Waals surface area contributed by atoms with Crippen molar-refractivity contribution in [2.24, 2.45) is 0 Å². The van der Waals surface area contributed by atoms with Crippen molar-refractivity contribution in [1.82, 2.24) is 8.67 Å². The van der Waals surface area contributed by atoms with E-state index in [1.165, 1.54) is 0 Å². The summed E-state index contributed by atoms with van der Waals surface area (Å²) in [6, 6.07) is 0. The molecule has 14 heavy (non-hydrogen) atoms. The molecule has 82 valence electrons. The number of nitrogens with zero attached hydrogens (tertiary/aromatic N) is 2. The fraction of sp³-hybridized carbons (Fsp3) is 1.00. The molecular weight excluding hydrogens is 227 g/mol. The molecule has 0 atom stereocenters. The van der Waals surface area contributed by atoms with E-state index in [1.54, 1.807) is 0 Å². The molecule has 1 rings (SSSR count). The fourth-order valence-electron chi connectivity index (χ4n) is 1.67. The third-order valence-corrected chi connectivity index (χ3v) is 11.9. The Kier molecular flexibility index (Phi) is 3.39. The zero-order chi connectivity index (χ0) is 11.1. The molecule has 0 saturated carbocycles. The lowest BCUT2D eigenvalue weighted by atomic mass is 10.7. The Balaban J connectivity index is 2.80. The predicted octanol–water partition coefficient (Wildman–Crippen LogP) is 2.93. The monoisotopic (exact) mass is 249 g/mol. The average Bonchev–Trinajstić information content (AvgIpc) is 2.26. The van der Waals surface area contributed by atoms with E-state index in [2.05, 4.69) is 48.0 Å². The summed E-state index contributed by atoms with van der Waals surface area (Å²) in [4.78, 5) is 0. The van der Waals surface area contributed by atoms with Crippen LogP contribution in [0.3, 0.4) is 0 Å². The molecule has 0 unspecified atom stereocenters. The Morgan fingerprint density at radius 2 is 1.14 bits per heavy atom. The summed E-state index contributed by atoms with van der Waals surface area (Å²) in [7, 11) is -3.98. The van der Waals surface area contributed by atoms with Gasteiger partial charge in [-0.1, -0.05) is 39.3 Å². The van der Waals surface area contributed by atoms with E-state index in [4.69, 9.17) is 0 Å². The van der Waals surface area contributed by atoms with Crippen molar-refractivity contribution in [3.8, 4) is 0 Å². The number of rotatable bonds is 2. The zero-order valence-corrected chi connectivity index (χ0v) is 13.1. The quantitative estimate of drug-likeness (QED) is 0.555. The molecule has 0 bridgehead atoms. The van der Waals surface area contributed by atoms with Crippen LogP contribution >= 0.6 is 8.10 Å². The Morgan fingerprint density at radius 3 is 1.29 bits per heavy atom. The van der Waals surface area contributed by atoms with Crippen LogP contribution in [0.5, 0.6) is 0 Å². The highest BCUT2D eigenvalue weighted by Gasteiger charge is 2.53. The molecule has 1 heterocycles. The second kappa shape index (κ2) is 3.79. The van der Waals surface area contributed by atoms with Gasteiger partial charge in [0.1, 0.15) is 0 Å². The molecule has 0 radical (unpaired) electrons. The molecule has 3 nitrogen and oxygen atoms in total. The molecule has 0 aromatic heterocycles. The minimum atomic E-state index is -1.38. The van der Waals surface area contributed by atoms with Gasteiger partial charge >= 0.3 is 8.10 Å². The molecule has 0 aromatic rings. The first-order valence-corrected chi connectivity index (χ1v) is 13.2. The van der Waals surface area contributed by atoms with E-state index >= 15 is 0 Å². The van der Waals surface area contributed by atoms with Gasteiger partial charge in [-0.05, 0) is 4.57 Å². The first-order valence-electron chi connectivity index (χ1n) is 5.16. The Labute approximate surface area is 90.5 Å². The lowest BCUT2D eigenvalue weighted by molar-refractivity contribution is 0.548. The molecule has 1 aliphatic rings. The largest absolute Gasteiger partial charge is 0.522 e. The highest BCUT2D eigenvalue weighted by molar-refractivity contribution is 7.45. The van der Waals surface area contributed by atoms with Gasteiger partial charge in [0, 0.05) is 0 Å². The van der Waals surface area contributed by atoms with Crippen molar-refractivity contribution < 1.29 is 4.57 Å². The number of hydrogen-bond acceptors (Lipinski definition) is 1. The minimum absolute atomic E-state index is 1.01. The first-order chi connectivity index (χ1) is 6.14. The van der Waals surface area contributed by atoms with Crippen LogP contribution < -0.4 is 0 Å². The summed E-state index contributed by atoms with van der Waals surface area (Å²) in [5, 5.41) is 0. The van der Waals surface area contributed by atoms with Crippen molar-refractivity contribution >= 4 is 24.6 Å². The topological polar surface area (TPSA) is 23.6 Å². The molecule has 0 aliphatic carbocycles. The maximum absolute atomic E-state index is 12.3. The molecule has 1 saturated heterocycles. The van der Waals surface area contributed by atoms with E-state index in [-0.39, 0.29) is 0 Å². The third-order valence-electron chi connectivity index (χ3n) is 2.49. The number of hydrogen-bond donors (Lipinski definition) is 0. The summed E-state index contributed by atoms with van der Waals surface area (Å²) >= 11 is 0. The van der Waals surface area contributed by atoms with Crippen LogP contribution in [0.15, 0.2) is 0 Å². The van der Waals surface area contributed by atoms with Gasteiger partial charge in [0.25, 0.3) is 0 Å². The Morgan fingerprint density at radius 1 is 0.857 bits per heavy atom. The summed E-state index contributed by atoms with van der Waals surface area (Å²) in [5.74, 6) is 0. The molecule has 0 amide bonds. The maximum atomic E-state index is 12.3. The smallest absolute Gasteiger partial charge is 0.109 e. The highest BCUT2D eigenvalue weighted by Crippen LogP contribution is 2.44. The van der Waals surface area contributed by atoms with Crippen LogP contribution in [0, 0.1) is 0 Å². The molecule has 0 spiro atoms. The van der Waals surface area contributed by atoms with Gasteiger partial charge in [0.15, 0.2) is 16.5 Å². The standard InChI is InChI=1S/C8H22N2OPSi2/c1-13(2,3)9-7-8-10(12(9)11)14(4,5)6/h7-8H2,1-6H3/q+1. The lowest BCUT2D eigenvalue weighted by Gasteiger charge is -2.21. The van der Waals surface area contributed by atoms with Crippen LogP contribution in [0.1, 0.15) is 0 Å². The van der Waals surface area contributed by atoms with Gasteiger partial charge in [-0.2, -0.15) is 0 Å². The van der Waals surface area contributed by atoms with Crippen molar-refractivity contribution in [1.29, 1.82) is 0 Å². The van der Waals surface area contributed by atoms with Gasteiger partial charge < -0.3 is 0 Å². The summed E-state index contributed by atoms with van der Waals surface area (Å²) in [5.41, 5.74) is 0. The van der Waals surface area contributed by atoms with Crippen LogP contribution in [0.4, 0.5) is 0 Å². The van der Waals surface area contributed by atoms with Crippen LogP contribution in [-0.4, -0.2) is 38.2 Å². The second-order valence-electron chi connectivity index (χ2n) is 5.84. The lowest BCUT2D eigenvalue weighted by Crippen LogP contribution is -2.41. The molecule has 0 N–H and O–H groups in total. The van der Waals surface area contributed by atoms with E-state index in [0.717, 1.165) is 13.1 Å². The first kappa shape index (κ1) is 12.5. The van der Waals surface area contributed by atoms with Crippen molar-refractivity contribution in [3.63, 3.8) is 0 Å². The van der Waals surface area contributed by atoms with Gasteiger partial charge in [-0.3, -0.25) is 0 Å².